The standard InChI is InChI=1S/C7H14N2O/c1-9-3-2-8-6-4-10-5-7(6)9/h6-8H,2-5H2,1H3. The molecule has 0 spiro atoms. The molecule has 0 bridgehead atoms. The lowest BCUT2D eigenvalue weighted by Crippen LogP contribution is -2.55. The van der Waals surface area contributed by atoms with E-state index in [0.717, 1.165) is 26.3 Å². The summed E-state index contributed by atoms with van der Waals surface area (Å²) >= 11 is 0. The maximum absolute atomic E-state index is 5.36. The molecule has 2 aliphatic rings. The van der Waals surface area contributed by atoms with E-state index in [0.29, 0.717) is 12.1 Å². The first-order valence-electron chi connectivity index (χ1n) is 3.89. The Hall–Kier alpha value is -0.120. The molecule has 0 radical (unpaired) electrons. The summed E-state index contributed by atoms with van der Waals surface area (Å²) in [6.07, 6.45) is 0. The van der Waals surface area contributed by atoms with E-state index in [4.69, 9.17) is 4.74 Å². The summed E-state index contributed by atoms with van der Waals surface area (Å²) < 4.78 is 5.36. The number of likely N-dealkylation sites (N-methyl/N-ethyl adjacent to an activating group) is 1. The topological polar surface area (TPSA) is 24.5 Å². The van der Waals surface area contributed by atoms with Crippen LogP contribution in [-0.2, 0) is 4.74 Å². The highest BCUT2D eigenvalue weighted by Gasteiger charge is 2.33. The van der Waals surface area contributed by atoms with Crippen molar-refractivity contribution in [1.29, 1.82) is 0 Å². The minimum absolute atomic E-state index is 0.596. The average molecular weight is 142 g/mol. The largest absolute Gasteiger partial charge is 0.378 e. The first-order chi connectivity index (χ1) is 4.88. The Balaban J connectivity index is 2.03. The zero-order chi connectivity index (χ0) is 6.97. The number of hydrogen-bond donors (Lipinski definition) is 1. The summed E-state index contributed by atoms with van der Waals surface area (Å²) in [4.78, 5) is 2.38. The third-order valence-electron chi connectivity index (χ3n) is 2.49. The Morgan fingerprint density at radius 2 is 2.40 bits per heavy atom. The van der Waals surface area contributed by atoms with Gasteiger partial charge >= 0.3 is 0 Å². The smallest absolute Gasteiger partial charge is 0.0638 e. The molecule has 0 aromatic heterocycles. The summed E-state index contributed by atoms with van der Waals surface area (Å²) in [5.41, 5.74) is 0. The molecular formula is C7H14N2O. The molecular weight excluding hydrogens is 128 g/mol. The van der Waals surface area contributed by atoms with E-state index < -0.39 is 0 Å². The van der Waals surface area contributed by atoms with Gasteiger partial charge in [-0.05, 0) is 7.05 Å². The fourth-order valence-electron chi connectivity index (χ4n) is 1.76. The SMILES string of the molecule is CN1CCNC2COCC21. The lowest BCUT2D eigenvalue weighted by atomic mass is 10.1. The highest BCUT2D eigenvalue weighted by atomic mass is 16.5. The van der Waals surface area contributed by atoms with Gasteiger partial charge in [0.15, 0.2) is 0 Å². The minimum atomic E-state index is 0.596. The predicted molar refractivity (Wildman–Crippen MR) is 39.0 cm³/mol. The van der Waals surface area contributed by atoms with Gasteiger partial charge in [-0.2, -0.15) is 0 Å². The quantitative estimate of drug-likeness (QED) is 0.483. The highest BCUT2D eigenvalue weighted by Crippen LogP contribution is 2.13. The zero-order valence-electron chi connectivity index (χ0n) is 6.34. The van der Waals surface area contributed by atoms with Gasteiger partial charge in [0.2, 0.25) is 0 Å². The van der Waals surface area contributed by atoms with Crippen molar-refractivity contribution in [2.45, 2.75) is 12.1 Å². The second kappa shape index (κ2) is 2.49. The van der Waals surface area contributed by atoms with Crippen LogP contribution in [-0.4, -0.2) is 50.3 Å². The number of rotatable bonds is 0. The van der Waals surface area contributed by atoms with Gasteiger partial charge < -0.3 is 10.1 Å². The molecule has 0 aromatic carbocycles. The van der Waals surface area contributed by atoms with Crippen molar-refractivity contribution in [3.05, 3.63) is 0 Å². The van der Waals surface area contributed by atoms with Crippen LogP contribution in [0.4, 0.5) is 0 Å². The van der Waals surface area contributed by atoms with Crippen LogP contribution in [0.15, 0.2) is 0 Å². The van der Waals surface area contributed by atoms with Gasteiger partial charge in [-0.3, -0.25) is 4.90 Å². The van der Waals surface area contributed by atoms with Crippen molar-refractivity contribution in [3.8, 4) is 0 Å². The number of piperazine rings is 1. The summed E-state index contributed by atoms with van der Waals surface area (Å²) in [6.45, 7) is 4.08. The molecule has 58 valence electrons. The molecule has 0 saturated carbocycles. The fourth-order valence-corrected chi connectivity index (χ4v) is 1.76. The normalized spacial score (nSPS) is 41.7. The number of nitrogens with zero attached hydrogens (tertiary/aromatic N) is 1. The Morgan fingerprint density at radius 1 is 1.50 bits per heavy atom. The fraction of sp³-hybridized carbons (Fsp3) is 1.00. The van der Waals surface area contributed by atoms with Crippen LogP contribution in [0.5, 0.6) is 0 Å². The first kappa shape index (κ1) is 6.58. The molecule has 2 aliphatic heterocycles. The van der Waals surface area contributed by atoms with Crippen LogP contribution in [0.25, 0.3) is 0 Å². The highest BCUT2D eigenvalue weighted by molar-refractivity contribution is 4.91. The monoisotopic (exact) mass is 142 g/mol. The van der Waals surface area contributed by atoms with Crippen molar-refractivity contribution in [1.82, 2.24) is 10.2 Å². The van der Waals surface area contributed by atoms with E-state index in [1.807, 2.05) is 0 Å². The van der Waals surface area contributed by atoms with Crippen molar-refractivity contribution in [2.75, 3.05) is 33.4 Å². The van der Waals surface area contributed by atoms with Gasteiger partial charge in [0, 0.05) is 19.1 Å². The van der Waals surface area contributed by atoms with Gasteiger partial charge in [0.1, 0.15) is 0 Å². The van der Waals surface area contributed by atoms with Crippen LogP contribution in [0.2, 0.25) is 0 Å². The Morgan fingerprint density at radius 3 is 3.20 bits per heavy atom. The molecule has 3 heteroatoms. The average Bonchev–Trinajstić information content (AvgIpc) is 2.36. The van der Waals surface area contributed by atoms with E-state index >= 15 is 0 Å². The second-order valence-corrected chi connectivity index (χ2v) is 3.15. The predicted octanol–water partition coefficient (Wildman–Crippen LogP) is -0.711. The van der Waals surface area contributed by atoms with Crippen LogP contribution < -0.4 is 5.32 Å². The van der Waals surface area contributed by atoms with E-state index in [1.54, 1.807) is 0 Å². The van der Waals surface area contributed by atoms with Gasteiger partial charge in [0.25, 0.3) is 0 Å². The molecule has 2 saturated heterocycles. The molecule has 2 atom stereocenters. The van der Waals surface area contributed by atoms with Crippen LogP contribution in [0.3, 0.4) is 0 Å². The van der Waals surface area contributed by atoms with Crippen molar-refractivity contribution < 1.29 is 4.74 Å². The molecule has 2 heterocycles. The summed E-state index contributed by atoms with van der Waals surface area (Å²) in [6, 6.07) is 1.23. The lowest BCUT2D eigenvalue weighted by molar-refractivity contribution is 0.154. The van der Waals surface area contributed by atoms with E-state index in [1.165, 1.54) is 0 Å². The van der Waals surface area contributed by atoms with Gasteiger partial charge in [-0.15, -0.1) is 0 Å². The van der Waals surface area contributed by atoms with Crippen molar-refractivity contribution >= 4 is 0 Å². The van der Waals surface area contributed by atoms with Crippen LogP contribution >= 0.6 is 0 Å². The number of nitrogens with one attached hydrogen (secondary N) is 1. The van der Waals surface area contributed by atoms with Crippen molar-refractivity contribution in [3.63, 3.8) is 0 Å². The third-order valence-corrected chi connectivity index (χ3v) is 2.49. The summed E-state index contributed by atoms with van der Waals surface area (Å²) in [7, 11) is 2.17. The van der Waals surface area contributed by atoms with Crippen LogP contribution in [0, 0.1) is 0 Å². The molecule has 10 heavy (non-hydrogen) atoms. The maximum Gasteiger partial charge on any atom is 0.0638 e. The Kier molecular flexibility index (Phi) is 1.64. The Labute approximate surface area is 61.3 Å². The summed E-state index contributed by atoms with van der Waals surface area (Å²) in [5.74, 6) is 0. The molecule has 0 aliphatic carbocycles. The molecule has 0 aromatic rings. The lowest BCUT2D eigenvalue weighted by Gasteiger charge is -2.33. The van der Waals surface area contributed by atoms with E-state index in [-0.39, 0.29) is 0 Å². The summed E-state index contributed by atoms with van der Waals surface area (Å²) in [5, 5.41) is 3.44. The van der Waals surface area contributed by atoms with Gasteiger partial charge in [0.05, 0.1) is 19.3 Å². The number of ether oxygens (including phenoxy) is 1. The number of hydrogen-bond acceptors (Lipinski definition) is 3. The van der Waals surface area contributed by atoms with Crippen molar-refractivity contribution in [2.24, 2.45) is 0 Å². The first-order valence-corrected chi connectivity index (χ1v) is 3.89. The van der Waals surface area contributed by atoms with E-state index in [9.17, 15) is 0 Å². The molecule has 2 fully saturated rings. The molecule has 2 unspecified atom stereocenters. The minimum Gasteiger partial charge on any atom is -0.378 e. The number of fused-ring (bicyclic) bond motifs is 1. The molecule has 1 N–H and O–H groups in total. The Bertz CT molecular complexity index is 129. The zero-order valence-corrected chi connectivity index (χ0v) is 6.34. The molecule has 2 rings (SSSR count). The molecule has 3 nitrogen and oxygen atoms in total. The van der Waals surface area contributed by atoms with Gasteiger partial charge in [-0.1, -0.05) is 0 Å². The third kappa shape index (κ3) is 0.944. The maximum atomic E-state index is 5.36. The van der Waals surface area contributed by atoms with Gasteiger partial charge in [-0.25, -0.2) is 0 Å². The second-order valence-electron chi connectivity index (χ2n) is 3.15. The van der Waals surface area contributed by atoms with Crippen LogP contribution in [0.1, 0.15) is 0 Å². The molecule has 0 amide bonds. The van der Waals surface area contributed by atoms with E-state index in [2.05, 4.69) is 17.3 Å².